The van der Waals surface area contributed by atoms with Crippen molar-refractivity contribution in [2.24, 2.45) is 0 Å². The molecule has 0 saturated carbocycles. The number of amides is 1. The van der Waals surface area contributed by atoms with E-state index in [-0.39, 0.29) is 17.4 Å². The van der Waals surface area contributed by atoms with Crippen LogP contribution < -0.4 is 26.6 Å². The minimum Gasteiger partial charge on any atom is -0.497 e. The molecule has 3 aromatic rings. The first-order chi connectivity index (χ1) is 13.5. The zero-order valence-electron chi connectivity index (χ0n) is 15.3. The molecular weight excluding hydrogens is 380 g/mol. The van der Waals surface area contributed by atoms with E-state index in [2.05, 4.69) is 26.1 Å². The smallest absolute Gasteiger partial charge is 0.269 e. The molecule has 1 aromatic heterocycles. The van der Waals surface area contributed by atoms with Crippen molar-refractivity contribution in [1.82, 2.24) is 15.4 Å². The van der Waals surface area contributed by atoms with Crippen LogP contribution in [0, 0.1) is 6.92 Å². The maximum Gasteiger partial charge on any atom is 0.269 e. The van der Waals surface area contributed by atoms with Gasteiger partial charge in [-0.1, -0.05) is 11.6 Å². The highest BCUT2D eigenvalue weighted by atomic mass is 35.5. The van der Waals surface area contributed by atoms with E-state index >= 15 is 0 Å². The summed E-state index contributed by atoms with van der Waals surface area (Å²) in [6.45, 7) is 1.92. The van der Waals surface area contributed by atoms with Gasteiger partial charge in [0.25, 0.3) is 5.91 Å². The molecule has 0 aliphatic heterocycles. The Morgan fingerprint density at radius 2 is 1.82 bits per heavy atom. The molecule has 0 spiro atoms. The van der Waals surface area contributed by atoms with E-state index < -0.39 is 0 Å². The van der Waals surface area contributed by atoms with E-state index in [0.717, 1.165) is 11.3 Å². The lowest BCUT2D eigenvalue weighted by molar-refractivity contribution is 0.0962. The predicted octanol–water partition coefficient (Wildman–Crippen LogP) is 3.53. The third kappa shape index (κ3) is 4.41. The van der Waals surface area contributed by atoms with Gasteiger partial charge in [0.05, 0.1) is 7.11 Å². The second-order valence-electron chi connectivity index (χ2n) is 5.88. The van der Waals surface area contributed by atoms with Crippen molar-refractivity contribution in [1.29, 1.82) is 0 Å². The Kier molecular flexibility index (Phi) is 5.81. The number of nitrogens with zero attached hydrogens (tertiary/aromatic N) is 2. The van der Waals surface area contributed by atoms with Crippen LogP contribution in [-0.2, 0) is 0 Å². The predicted molar refractivity (Wildman–Crippen MR) is 110 cm³/mol. The molecule has 1 heterocycles. The van der Waals surface area contributed by atoms with Crippen LogP contribution in [0.3, 0.4) is 0 Å². The number of methoxy groups -OCH3 is 1. The first-order valence-corrected chi connectivity index (χ1v) is 8.70. The van der Waals surface area contributed by atoms with Gasteiger partial charge in [-0.2, -0.15) is 0 Å². The Morgan fingerprint density at radius 3 is 2.50 bits per heavy atom. The summed E-state index contributed by atoms with van der Waals surface area (Å²) in [4.78, 5) is 20.5. The van der Waals surface area contributed by atoms with Crippen LogP contribution in [0.5, 0.6) is 5.75 Å². The highest BCUT2D eigenvalue weighted by Gasteiger charge is 2.11. The van der Waals surface area contributed by atoms with E-state index in [1.54, 1.807) is 37.4 Å². The number of carbonyl (C=O) groups excluding carboxylic acids is 1. The molecule has 144 valence electrons. The van der Waals surface area contributed by atoms with Gasteiger partial charge < -0.3 is 15.8 Å². The first kappa shape index (κ1) is 19.2. The van der Waals surface area contributed by atoms with E-state index in [0.29, 0.717) is 22.2 Å². The summed E-state index contributed by atoms with van der Waals surface area (Å²) in [6.07, 6.45) is 1.34. The summed E-state index contributed by atoms with van der Waals surface area (Å²) >= 11 is 5.98. The Bertz CT molecular complexity index is 994. The summed E-state index contributed by atoms with van der Waals surface area (Å²) in [6, 6.07) is 12.1. The summed E-state index contributed by atoms with van der Waals surface area (Å²) in [5.74, 6) is 0.995. The molecule has 0 fully saturated rings. The molecule has 0 bridgehead atoms. The van der Waals surface area contributed by atoms with Crippen LogP contribution in [0.1, 0.15) is 15.9 Å². The SMILES string of the molecule is COc1ccc(C(=O)NNc2ncnc(Nc3ccc(Cl)cc3C)c2N)cc1. The number of nitrogen functional groups attached to an aromatic ring is 1. The molecule has 0 radical (unpaired) electrons. The highest BCUT2D eigenvalue weighted by molar-refractivity contribution is 6.30. The first-order valence-electron chi connectivity index (χ1n) is 8.32. The Morgan fingerprint density at radius 1 is 1.11 bits per heavy atom. The number of halogens is 1. The average molecular weight is 399 g/mol. The number of hydrazine groups is 1. The quantitative estimate of drug-likeness (QED) is 0.469. The monoisotopic (exact) mass is 398 g/mol. The lowest BCUT2D eigenvalue weighted by Crippen LogP contribution is -2.30. The second-order valence-corrected chi connectivity index (χ2v) is 6.31. The van der Waals surface area contributed by atoms with Crippen molar-refractivity contribution in [2.45, 2.75) is 6.92 Å². The summed E-state index contributed by atoms with van der Waals surface area (Å²) in [5.41, 5.74) is 13.9. The number of hydrogen-bond donors (Lipinski definition) is 4. The summed E-state index contributed by atoms with van der Waals surface area (Å²) < 4.78 is 5.08. The van der Waals surface area contributed by atoms with Gasteiger partial charge >= 0.3 is 0 Å². The number of nitrogens with one attached hydrogen (secondary N) is 3. The van der Waals surface area contributed by atoms with Gasteiger partial charge in [0.15, 0.2) is 11.6 Å². The van der Waals surface area contributed by atoms with Crippen LogP contribution in [0.15, 0.2) is 48.8 Å². The van der Waals surface area contributed by atoms with Crippen LogP contribution in [-0.4, -0.2) is 23.0 Å². The van der Waals surface area contributed by atoms with Crippen LogP contribution >= 0.6 is 11.6 Å². The highest BCUT2D eigenvalue weighted by Crippen LogP contribution is 2.28. The number of benzene rings is 2. The lowest BCUT2D eigenvalue weighted by atomic mass is 10.2. The number of aromatic nitrogens is 2. The molecule has 3 rings (SSSR count). The van der Waals surface area contributed by atoms with Gasteiger partial charge in [-0.25, -0.2) is 9.97 Å². The molecule has 0 aliphatic carbocycles. The molecule has 0 aliphatic rings. The molecule has 0 atom stereocenters. The third-order valence-electron chi connectivity index (χ3n) is 3.97. The van der Waals surface area contributed by atoms with Gasteiger partial charge in [-0.15, -0.1) is 0 Å². The van der Waals surface area contributed by atoms with E-state index in [4.69, 9.17) is 22.1 Å². The van der Waals surface area contributed by atoms with Gasteiger partial charge in [-0.3, -0.25) is 15.6 Å². The van der Waals surface area contributed by atoms with Crippen LogP contribution in [0.2, 0.25) is 5.02 Å². The van der Waals surface area contributed by atoms with Crippen molar-refractivity contribution in [3.63, 3.8) is 0 Å². The van der Waals surface area contributed by atoms with Crippen molar-refractivity contribution in [3.05, 3.63) is 64.9 Å². The fourth-order valence-electron chi connectivity index (χ4n) is 2.42. The molecule has 9 heteroatoms. The van der Waals surface area contributed by atoms with Gasteiger partial charge in [0.1, 0.15) is 17.8 Å². The normalized spacial score (nSPS) is 10.2. The van der Waals surface area contributed by atoms with E-state index in [1.165, 1.54) is 6.33 Å². The fraction of sp³-hybridized carbons (Fsp3) is 0.105. The number of rotatable bonds is 6. The zero-order valence-corrected chi connectivity index (χ0v) is 16.0. The molecule has 8 nitrogen and oxygen atoms in total. The minimum absolute atomic E-state index is 0.256. The number of ether oxygens (including phenoxy) is 1. The lowest BCUT2D eigenvalue weighted by Gasteiger charge is -2.14. The number of carbonyl (C=O) groups is 1. The molecule has 5 N–H and O–H groups in total. The maximum atomic E-state index is 12.3. The number of aryl methyl sites for hydroxylation is 1. The molecule has 28 heavy (non-hydrogen) atoms. The van der Waals surface area contributed by atoms with Gasteiger partial charge in [-0.05, 0) is 55.0 Å². The molecule has 2 aromatic carbocycles. The van der Waals surface area contributed by atoms with E-state index in [1.807, 2.05) is 19.1 Å². The molecular formula is C19H19ClN6O2. The van der Waals surface area contributed by atoms with Gasteiger partial charge in [0.2, 0.25) is 0 Å². The average Bonchev–Trinajstić information content (AvgIpc) is 2.70. The summed E-state index contributed by atoms with van der Waals surface area (Å²) in [5, 5.41) is 3.78. The minimum atomic E-state index is -0.344. The standard InChI is InChI=1S/C19H19ClN6O2/c1-11-9-13(20)5-8-15(11)24-17-16(21)18(23-10-22-17)25-26-19(27)12-3-6-14(28-2)7-4-12/h3-10H,21H2,1-2H3,(H,26,27)(H2,22,23,24,25). The van der Waals surface area contributed by atoms with Crippen molar-refractivity contribution in [2.75, 3.05) is 23.6 Å². The van der Waals surface area contributed by atoms with Crippen molar-refractivity contribution in [3.8, 4) is 5.75 Å². The number of nitrogens with two attached hydrogens (primary N) is 1. The van der Waals surface area contributed by atoms with E-state index in [9.17, 15) is 4.79 Å². The molecule has 0 saturated heterocycles. The Balaban J connectivity index is 1.71. The largest absolute Gasteiger partial charge is 0.497 e. The Hall–Kier alpha value is -3.52. The third-order valence-corrected chi connectivity index (χ3v) is 4.21. The molecule has 0 unspecified atom stereocenters. The van der Waals surface area contributed by atoms with Crippen LogP contribution in [0.4, 0.5) is 23.0 Å². The van der Waals surface area contributed by atoms with Crippen LogP contribution in [0.25, 0.3) is 0 Å². The number of anilines is 4. The number of hydrogen-bond acceptors (Lipinski definition) is 7. The zero-order chi connectivity index (χ0) is 20.1. The fourth-order valence-corrected chi connectivity index (χ4v) is 2.65. The molecule has 1 amide bonds. The van der Waals surface area contributed by atoms with Crippen molar-refractivity contribution < 1.29 is 9.53 Å². The Labute approximate surface area is 167 Å². The summed E-state index contributed by atoms with van der Waals surface area (Å²) in [7, 11) is 1.56. The van der Waals surface area contributed by atoms with Gasteiger partial charge in [0, 0.05) is 16.3 Å². The topological polar surface area (TPSA) is 114 Å². The van der Waals surface area contributed by atoms with Crippen molar-refractivity contribution >= 4 is 40.5 Å². The second kappa shape index (κ2) is 8.45. The maximum absolute atomic E-state index is 12.3.